The van der Waals surface area contributed by atoms with E-state index < -0.39 is 17.7 Å². The predicted octanol–water partition coefficient (Wildman–Crippen LogP) is 2.92. The Morgan fingerprint density at radius 2 is 2.26 bits per heavy atom. The largest absolute Gasteiger partial charge is 0.303 e. The maximum absolute atomic E-state index is 11.9. The zero-order valence-electron chi connectivity index (χ0n) is 11.3. The van der Waals surface area contributed by atoms with Gasteiger partial charge in [0.25, 0.3) is 5.91 Å². The van der Waals surface area contributed by atoms with Crippen LogP contribution in [0, 0.1) is 11.8 Å². The van der Waals surface area contributed by atoms with Gasteiger partial charge in [-0.05, 0) is 30.0 Å². The Bertz CT molecular complexity index is 431. The highest BCUT2D eigenvalue weighted by Gasteiger charge is 2.32. The van der Waals surface area contributed by atoms with Crippen LogP contribution in [0.3, 0.4) is 0 Å². The van der Waals surface area contributed by atoms with Gasteiger partial charge < -0.3 is 4.79 Å². The van der Waals surface area contributed by atoms with Gasteiger partial charge in [-0.25, -0.2) is 5.48 Å². The van der Waals surface area contributed by atoms with E-state index in [0.717, 1.165) is 16.1 Å². The Kier molecular flexibility index (Phi) is 6.54. The van der Waals surface area contributed by atoms with E-state index in [1.54, 1.807) is 5.48 Å². The maximum atomic E-state index is 11.9. The van der Waals surface area contributed by atoms with Crippen molar-refractivity contribution in [2.24, 2.45) is 11.8 Å². The third-order valence-electron chi connectivity index (χ3n) is 2.90. The minimum atomic E-state index is -0.618. The maximum Gasteiger partial charge on any atom is 0.252 e. The lowest BCUT2D eigenvalue weighted by atomic mass is 9.85. The molecule has 0 aliphatic carbocycles. The Morgan fingerprint density at radius 3 is 2.74 bits per heavy atom. The number of hydrogen-bond donors (Lipinski definition) is 2. The summed E-state index contributed by atoms with van der Waals surface area (Å²) in [6, 6.07) is 1.93. The molecular weight excluding hydrogens is 282 g/mol. The molecule has 1 rings (SSSR count). The fourth-order valence-electron chi connectivity index (χ4n) is 2.10. The normalized spacial score (nSPS) is 14.2. The first-order valence-corrected chi connectivity index (χ1v) is 8.16. The van der Waals surface area contributed by atoms with Crippen molar-refractivity contribution >= 4 is 35.3 Å². The molecule has 19 heavy (non-hydrogen) atoms. The molecule has 0 aliphatic rings. The highest BCUT2D eigenvalue weighted by molar-refractivity contribution is 7.98. The van der Waals surface area contributed by atoms with Crippen LogP contribution in [-0.2, 0) is 9.59 Å². The first-order chi connectivity index (χ1) is 9.04. The van der Waals surface area contributed by atoms with Gasteiger partial charge in [-0.3, -0.25) is 10.0 Å². The van der Waals surface area contributed by atoms with E-state index >= 15 is 0 Å². The van der Waals surface area contributed by atoms with Gasteiger partial charge in [-0.1, -0.05) is 13.8 Å². The van der Waals surface area contributed by atoms with Gasteiger partial charge in [0, 0.05) is 15.7 Å². The van der Waals surface area contributed by atoms with Crippen LogP contribution < -0.4 is 5.48 Å². The van der Waals surface area contributed by atoms with Crippen molar-refractivity contribution in [2.75, 3.05) is 6.26 Å². The Morgan fingerprint density at radius 1 is 1.58 bits per heavy atom. The van der Waals surface area contributed by atoms with Gasteiger partial charge >= 0.3 is 0 Å². The summed E-state index contributed by atoms with van der Waals surface area (Å²) in [4.78, 5) is 25.1. The summed E-state index contributed by atoms with van der Waals surface area (Å²) in [5, 5.41) is 10.8. The lowest BCUT2D eigenvalue weighted by molar-refractivity contribution is -0.134. The van der Waals surface area contributed by atoms with Crippen molar-refractivity contribution in [3.63, 3.8) is 0 Å². The molecule has 1 heterocycles. The summed E-state index contributed by atoms with van der Waals surface area (Å²) in [6.45, 7) is 4.02. The van der Waals surface area contributed by atoms with E-state index in [2.05, 4.69) is 0 Å². The lowest BCUT2D eigenvalue weighted by Gasteiger charge is -2.22. The molecule has 2 N–H and O–H groups in total. The van der Waals surface area contributed by atoms with Gasteiger partial charge in [0.1, 0.15) is 6.29 Å². The second-order valence-electron chi connectivity index (χ2n) is 4.74. The number of amides is 1. The average Bonchev–Trinajstić information content (AvgIpc) is 2.85. The number of carbonyl (C=O) groups is 2. The van der Waals surface area contributed by atoms with E-state index in [9.17, 15) is 9.59 Å². The summed E-state index contributed by atoms with van der Waals surface area (Å²) in [5.74, 6) is -1.25. The number of thiophene rings is 1. The quantitative estimate of drug-likeness (QED) is 0.352. The van der Waals surface area contributed by atoms with Crippen molar-refractivity contribution < 1.29 is 14.8 Å². The molecule has 0 aromatic carbocycles. The number of carbonyl (C=O) groups excluding carboxylic acids is 2. The minimum absolute atomic E-state index is 0.307. The second kappa shape index (κ2) is 7.67. The topological polar surface area (TPSA) is 66.4 Å². The molecule has 1 aromatic rings. The van der Waals surface area contributed by atoms with Crippen LogP contribution >= 0.6 is 23.1 Å². The SMILES string of the molecule is CSc1ccsc1[C@H](C(=O)NO)[C@H](C=O)CC(C)C. The van der Waals surface area contributed by atoms with Crippen LogP contribution in [0.4, 0.5) is 0 Å². The molecule has 6 heteroatoms. The van der Waals surface area contributed by atoms with Crippen LogP contribution in [0.5, 0.6) is 0 Å². The van der Waals surface area contributed by atoms with Gasteiger partial charge in [0.15, 0.2) is 0 Å². The lowest BCUT2D eigenvalue weighted by Crippen LogP contribution is -2.32. The van der Waals surface area contributed by atoms with Gasteiger partial charge in [0.05, 0.1) is 5.92 Å². The summed E-state index contributed by atoms with van der Waals surface area (Å²) in [5.41, 5.74) is 1.69. The summed E-state index contributed by atoms with van der Waals surface area (Å²) < 4.78 is 0. The molecule has 0 bridgehead atoms. The molecule has 1 aromatic heterocycles. The van der Waals surface area contributed by atoms with E-state index in [4.69, 9.17) is 5.21 Å². The molecule has 0 saturated carbocycles. The van der Waals surface area contributed by atoms with Crippen molar-refractivity contribution in [1.29, 1.82) is 0 Å². The van der Waals surface area contributed by atoms with E-state index in [0.29, 0.717) is 12.3 Å². The monoisotopic (exact) mass is 301 g/mol. The standard InChI is InChI=1S/C13H19NO3S2/c1-8(2)6-9(7-15)11(13(16)14-17)12-10(18-3)4-5-19-12/h4-5,7-9,11,17H,6H2,1-3H3,(H,14,16)/t9-,11+/m0/s1. The highest BCUT2D eigenvalue weighted by atomic mass is 32.2. The third-order valence-corrected chi connectivity index (χ3v) is 4.82. The van der Waals surface area contributed by atoms with Crippen LogP contribution in [0.25, 0.3) is 0 Å². The highest BCUT2D eigenvalue weighted by Crippen LogP contribution is 2.38. The van der Waals surface area contributed by atoms with Crippen molar-refractivity contribution in [2.45, 2.75) is 31.1 Å². The molecule has 0 spiro atoms. The molecule has 4 nitrogen and oxygen atoms in total. The number of thioether (sulfide) groups is 1. The number of hydrogen-bond acceptors (Lipinski definition) is 5. The van der Waals surface area contributed by atoms with Crippen LogP contribution in [0.15, 0.2) is 16.3 Å². The fourth-order valence-corrected chi connectivity index (χ4v) is 4.07. The molecule has 2 atom stereocenters. The zero-order chi connectivity index (χ0) is 14.4. The fraction of sp³-hybridized carbons (Fsp3) is 0.538. The number of hydroxylamine groups is 1. The average molecular weight is 301 g/mol. The number of aldehydes is 1. The molecular formula is C13H19NO3S2. The molecule has 0 aliphatic heterocycles. The molecule has 1 amide bonds. The predicted molar refractivity (Wildman–Crippen MR) is 77.8 cm³/mol. The summed E-state index contributed by atoms with van der Waals surface area (Å²) in [7, 11) is 0. The molecule has 0 saturated heterocycles. The summed E-state index contributed by atoms with van der Waals surface area (Å²) in [6.07, 6.45) is 3.37. The van der Waals surface area contributed by atoms with Crippen LogP contribution in [-0.4, -0.2) is 23.7 Å². The van der Waals surface area contributed by atoms with Gasteiger partial charge in [0.2, 0.25) is 0 Å². The third kappa shape index (κ3) is 4.06. The van der Waals surface area contributed by atoms with Gasteiger partial charge in [-0.2, -0.15) is 0 Å². The van der Waals surface area contributed by atoms with E-state index in [1.807, 2.05) is 31.5 Å². The van der Waals surface area contributed by atoms with Crippen molar-refractivity contribution in [3.8, 4) is 0 Å². The summed E-state index contributed by atoms with van der Waals surface area (Å²) >= 11 is 2.98. The molecule has 106 valence electrons. The number of rotatable bonds is 7. The smallest absolute Gasteiger partial charge is 0.252 e. The first kappa shape index (κ1) is 16.2. The Hall–Kier alpha value is -0.850. The second-order valence-corrected chi connectivity index (χ2v) is 6.53. The molecule has 0 fully saturated rings. The van der Waals surface area contributed by atoms with Crippen molar-refractivity contribution in [1.82, 2.24) is 5.48 Å². The van der Waals surface area contributed by atoms with E-state index in [1.165, 1.54) is 23.1 Å². The van der Waals surface area contributed by atoms with E-state index in [-0.39, 0.29) is 0 Å². The Labute approximate surface area is 121 Å². The van der Waals surface area contributed by atoms with Crippen molar-refractivity contribution in [3.05, 3.63) is 16.3 Å². The van der Waals surface area contributed by atoms with Gasteiger partial charge in [-0.15, -0.1) is 23.1 Å². The van der Waals surface area contributed by atoms with Crippen LogP contribution in [0.2, 0.25) is 0 Å². The molecule has 0 unspecified atom stereocenters. The Balaban J connectivity index is 3.13. The minimum Gasteiger partial charge on any atom is -0.303 e. The molecule has 0 radical (unpaired) electrons. The number of nitrogens with one attached hydrogen (secondary N) is 1. The van der Waals surface area contributed by atoms with Crippen LogP contribution in [0.1, 0.15) is 31.1 Å². The first-order valence-electron chi connectivity index (χ1n) is 6.05. The zero-order valence-corrected chi connectivity index (χ0v) is 12.9.